The van der Waals surface area contributed by atoms with E-state index in [9.17, 15) is 9.59 Å². The van der Waals surface area contributed by atoms with Gasteiger partial charge in [0.15, 0.2) is 0 Å². The topological polar surface area (TPSA) is 66.9 Å². The van der Waals surface area contributed by atoms with E-state index in [1.165, 1.54) is 0 Å². The maximum Gasteiger partial charge on any atom is 0.233 e. The van der Waals surface area contributed by atoms with Crippen molar-refractivity contribution in [2.75, 3.05) is 24.6 Å². The maximum absolute atomic E-state index is 12.3. The predicted octanol–water partition coefficient (Wildman–Crippen LogP) is 3.34. The molecule has 4 rings (SSSR count). The van der Waals surface area contributed by atoms with E-state index in [-0.39, 0.29) is 22.6 Å². The van der Waals surface area contributed by atoms with Crippen molar-refractivity contribution in [3.05, 3.63) is 47.3 Å². The molecule has 0 saturated carbocycles. The molecule has 6 nitrogen and oxygen atoms in total. The highest BCUT2D eigenvalue weighted by Crippen LogP contribution is 2.41. The van der Waals surface area contributed by atoms with Gasteiger partial charge in [-0.05, 0) is 38.1 Å². The molecule has 0 N–H and O–H groups in total. The summed E-state index contributed by atoms with van der Waals surface area (Å²) < 4.78 is 11.4. The first-order valence-corrected chi connectivity index (χ1v) is 10.6. The lowest BCUT2D eigenvalue weighted by Crippen LogP contribution is -2.38. The molecule has 0 radical (unpaired) electrons. The SMILES string of the molecule is Cc1ccc([C@@H]2SCC(=O)N2CCN2C(=O)CS[C@H]2c2ccc(C)o2)o1. The lowest BCUT2D eigenvalue weighted by molar-refractivity contribution is -0.132. The number of thioether (sulfide) groups is 2. The van der Waals surface area contributed by atoms with Crippen LogP contribution in [0.3, 0.4) is 0 Å². The summed E-state index contributed by atoms with van der Waals surface area (Å²) in [5.41, 5.74) is 0. The minimum Gasteiger partial charge on any atom is -0.463 e. The Hall–Kier alpha value is -1.80. The Morgan fingerprint density at radius 2 is 1.27 bits per heavy atom. The Bertz CT molecular complexity index is 763. The largest absolute Gasteiger partial charge is 0.463 e. The van der Waals surface area contributed by atoms with E-state index in [2.05, 4.69) is 0 Å². The fourth-order valence-electron chi connectivity index (χ4n) is 3.25. The standard InChI is InChI=1S/C18H20N2O4S2/c1-11-3-5-13(23-11)17-19(15(21)9-25-17)7-8-20-16(22)10-26-18(20)14-6-4-12(2)24-14/h3-6,17-18H,7-10H2,1-2H3/t17-,18-/m0/s1. The van der Waals surface area contributed by atoms with Gasteiger partial charge in [-0.3, -0.25) is 9.59 Å². The van der Waals surface area contributed by atoms with E-state index in [1.807, 2.05) is 47.9 Å². The summed E-state index contributed by atoms with van der Waals surface area (Å²) in [6.07, 6.45) is 0. The number of aryl methyl sites for hydroxylation is 2. The summed E-state index contributed by atoms with van der Waals surface area (Å²) in [5, 5.41) is -0.239. The molecule has 2 aromatic heterocycles. The minimum absolute atomic E-state index is 0.0822. The van der Waals surface area contributed by atoms with Crippen molar-refractivity contribution in [1.29, 1.82) is 0 Å². The number of hydrogen-bond acceptors (Lipinski definition) is 6. The first kappa shape index (κ1) is 17.6. The zero-order valence-corrected chi connectivity index (χ0v) is 16.3. The fourth-order valence-corrected chi connectivity index (χ4v) is 5.57. The van der Waals surface area contributed by atoms with Gasteiger partial charge < -0.3 is 18.6 Å². The lowest BCUT2D eigenvalue weighted by Gasteiger charge is -2.27. The zero-order chi connectivity index (χ0) is 18.3. The molecule has 2 aromatic rings. The van der Waals surface area contributed by atoms with Crippen LogP contribution < -0.4 is 0 Å². The van der Waals surface area contributed by atoms with E-state index in [1.54, 1.807) is 23.5 Å². The van der Waals surface area contributed by atoms with Gasteiger partial charge in [-0.2, -0.15) is 0 Å². The smallest absolute Gasteiger partial charge is 0.233 e. The second-order valence-corrected chi connectivity index (χ2v) is 8.53. The van der Waals surface area contributed by atoms with Crippen LogP contribution in [0.1, 0.15) is 33.8 Å². The predicted molar refractivity (Wildman–Crippen MR) is 101 cm³/mol. The van der Waals surface area contributed by atoms with Crippen molar-refractivity contribution in [3.63, 3.8) is 0 Å². The molecule has 4 heterocycles. The van der Waals surface area contributed by atoms with Crippen LogP contribution in [0, 0.1) is 13.8 Å². The highest BCUT2D eigenvalue weighted by atomic mass is 32.2. The van der Waals surface area contributed by atoms with Gasteiger partial charge >= 0.3 is 0 Å². The van der Waals surface area contributed by atoms with Crippen molar-refractivity contribution in [1.82, 2.24) is 9.80 Å². The van der Waals surface area contributed by atoms with Crippen LogP contribution in [0.5, 0.6) is 0 Å². The van der Waals surface area contributed by atoms with E-state index in [0.29, 0.717) is 24.6 Å². The van der Waals surface area contributed by atoms with Crippen molar-refractivity contribution in [2.45, 2.75) is 24.6 Å². The Labute approximate surface area is 160 Å². The van der Waals surface area contributed by atoms with Crippen molar-refractivity contribution < 1.29 is 18.4 Å². The monoisotopic (exact) mass is 392 g/mol. The first-order valence-electron chi connectivity index (χ1n) is 8.48. The van der Waals surface area contributed by atoms with Gasteiger partial charge in [-0.15, -0.1) is 23.5 Å². The van der Waals surface area contributed by atoms with E-state index >= 15 is 0 Å². The summed E-state index contributed by atoms with van der Waals surface area (Å²) in [7, 11) is 0. The number of amides is 2. The van der Waals surface area contributed by atoms with Crippen LogP contribution in [0.4, 0.5) is 0 Å². The summed E-state index contributed by atoms with van der Waals surface area (Å²) >= 11 is 3.13. The Morgan fingerprint density at radius 1 is 0.846 bits per heavy atom. The van der Waals surface area contributed by atoms with Crippen LogP contribution in [0.25, 0.3) is 0 Å². The van der Waals surface area contributed by atoms with Gasteiger partial charge in [0, 0.05) is 13.1 Å². The Morgan fingerprint density at radius 3 is 1.62 bits per heavy atom. The highest BCUT2D eigenvalue weighted by molar-refractivity contribution is 8.00. The van der Waals surface area contributed by atoms with E-state index in [0.717, 1.165) is 23.0 Å². The van der Waals surface area contributed by atoms with Gasteiger partial charge in [0.2, 0.25) is 11.8 Å². The van der Waals surface area contributed by atoms with E-state index in [4.69, 9.17) is 8.83 Å². The highest BCUT2D eigenvalue weighted by Gasteiger charge is 2.38. The quantitative estimate of drug-likeness (QED) is 0.778. The second-order valence-electron chi connectivity index (χ2n) is 6.40. The molecule has 0 aliphatic carbocycles. The molecule has 2 aliphatic rings. The average molecular weight is 393 g/mol. The van der Waals surface area contributed by atoms with E-state index < -0.39 is 0 Å². The minimum atomic E-state index is -0.120. The number of carbonyl (C=O) groups excluding carboxylic acids is 2. The molecule has 138 valence electrons. The normalized spacial score (nSPS) is 23.5. The number of carbonyl (C=O) groups is 2. The summed E-state index contributed by atoms with van der Waals surface area (Å²) in [5.74, 6) is 4.29. The van der Waals surface area contributed by atoms with Crippen LogP contribution in [0.15, 0.2) is 33.1 Å². The van der Waals surface area contributed by atoms with Crippen molar-refractivity contribution in [2.24, 2.45) is 0 Å². The van der Waals surface area contributed by atoms with Gasteiger partial charge in [-0.1, -0.05) is 0 Å². The molecule has 0 aromatic carbocycles. The summed E-state index contributed by atoms with van der Waals surface area (Å²) in [6, 6.07) is 7.66. The molecule has 0 unspecified atom stereocenters. The van der Waals surface area contributed by atoms with Crippen molar-refractivity contribution in [3.8, 4) is 0 Å². The fraction of sp³-hybridized carbons (Fsp3) is 0.444. The lowest BCUT2D eigenvalue weighted by atomic mass is 10.3. The third-order valence-electron chi connectivity index (χ3n) is 4.53. The zero-order valence-electron chi connectivity index (χ0n) is 14.6. The molecule has 2 amide bonds. The first-order chi connectivity index (χ1) is 12.5. The molecule has 2 saturated heterocycles. The Kier molecular flexibility index (Phi) is 4.79. The number of rotatable bonds is 5. The van der Waals surface area contributed by atoms with Gasteiger partial charge in [0.05, 0.1) is 11.5 Å². The van der Waals surface area contributed by atoms with Crippen LogP contribution in [-0.4, -0.2) is 46.2 Å². The van der Waals surface area contributed by atoms with Crippen LogP contribution in [-0.2, 0) is 9.59 Å². The Balaban J connectivity index is 1.47. The molecule has 0 bridgehead atoms. The van der Waals surface area contributed by atoms with Crippen LogP contribution in [0.2, 0.25) is 0 Å². The second kappa shape index (κ2) is 7.08. The van der Waals surface area contributed by atoms with Crippen LogP contribution >= 0.6 is 23.5 Å². The summed E-state index contributed by atoms with van der Waals surface area (Å²) in [4.78, 5) is 28.3. The molecule has 8 heteroatoms. The molecule has 2 aliphatic heterocycles. The van der Waals surface area contributed by atoms with Gasteiger partial charge in [0.25, 0.3) is 0 Å². The van der Waals surface area contributed by atoms with Gasteiger partial charge in [-0.25, -0.2) is 0 Å². The molecule has 2 fully saturated rings. The summed E-state index contributed by atoms with van der Waals surface area (Å²) in [6.45, 7) is 4.76. The van der Waals surface area contributed by atoms with Crippen molar-refractivity contribution >= 4 is 35.3 Å². The molecular weight excluding hydrogens is 372 g/mol. The number of hydrogen-bond donors (Lipinski definition) is 0. The third kappa shape index (κ3) is 3.27. The van der Waals surface area contributed by atoms with Gasteiger partial charge in [0.1, 0.15) is 33.8 Å². The molecule has 26 heavy (non-hydrogen) atoms. The number of nitrogens with zero attached hydrogens (tertiary/aromatic N) is 2. The number of furan rings is 2. The molecule has 0 spiro atoms. The molecular formula is C18H20N2O4S2. The average Bonchev–Trinajstić information content (AvgIpc) is 3.36. The molecule has 2 atom stereocenters. The third-order valence-corrected chi connectivity index (χ3v) is 6.96. The maximum atomic E-state index is 12.3.